The summed E-state index contributed by atoms with van der Waals surface area (Å²) in [6.07, 6.45) is 0.0693. The van der Waals surface area contributed by atoms with Crippen LogP contribution in [0.15, 0.2) is 0 Å². The molecule has 0 N–H and O–H groups in total. The number of carbonyl (C=O) groups is 4. The molecule has 6 nitrogen and oxygen atoms in total. The minimum atomic E-state index is -1.58. The number of rotatable bonds is 9. The van der Waals surface area contributed by atoms with Gasteiger partial charge >= 0.3 is 11.9 Å². The Balaban J connectivity index is 5.36. The van der Waals surface area contributed by atoms with E-state index in [1.165, 1.54) is 13.8 Å². The van der Waals surface area contributed by atoms with Crippen molar-refractivity contribution in [3.8, 4) is 0 Å². The first-order valence-electron chi connectivity index (χ1n) is 6.54. The molecule has 0 spiro atoms. The van der Waals surface area contributed by atoms with Crippen LogP contribution in [0.1, 0.15) is 46.5 Å². The van der Waals surface area contributed by atoms with Crippen molar-refractivity contribution in [2.75, 3.05) is 13.7 Å². The first-order chi connectivity index (χ1) is 9.30. The lowest BCUT2D eigenvalue weighted by Crippen LogP contribution is -2.42. The quantitative estimate of drug-likeness (QED) is 0.471. The van der Waals surface area contributed by atoms with Crippen molar-refractivity contribution in [3.63, 3.8) is 0 Å². The van der Waals surface area contributed by atoms with Crippen LogP contribution in [0, 0.1) is 5.41 Å². The van der Waals surface area contributed by atoms with Crippen LogP contribution < -0.4 is 0 Å². The Labute approximate surface area is 118 Å². The fourth-order valence-corrected chi connectivity index (χ4v) is 1.86. The van der Waals surface area contributed by atoms with Crippen molar-refractivity contribution in [1.29, 1.82) is 0 Å². The molecule has 0 aromatic rings. The third-order valence-electron chi connectivity index (χ3n) is 3.05. The van der Waals surface area contributed by atoms with E-state index < -0.39 is 17.4 Å². The van der Waals surface area contributed by atoms with Gasteiger partial charge in [0, 0.05) is 12.8 Å². The summed E-state index contributed by atoms with van der Waals surface area (Å²) in [5.74, 6) is -1.80. The fourth-order valence-electron chi connectivity index (χ4n) is 1.86. The largest absolute Gasteiger partial charge is 0.468 e. The molecule has 0 heterocycles. The molecule has 0 aromatic carbocycles. The van der Waals surface area contributed by atoms with Crippen LogP contribution >= 0.6 is 0 Å². The molecule has 0 radical (unpaired) electrons. The highest BCUT2D eigenvalue weighted by atomic mass is 16.6. The van der Waals surface area contributed by atoms with Gasteiger partial charge in [-0.25, -0.2) is 0 Å². The van der Waals surface area contributed by atoms with Gasteiger partial charge in [0.2, 0.25) is 0 Å². The predicted molar refractivity (Wildman–Crippen MR) is 70.9 cm³/mol. The van der Waals surface area contributed by atoms with Crippen LogP contribution in [-0.2, 0) is 28.7 Å². The molecule has 0 rings (SSSR count). The molecule has 0 aliphatic rings. The van der Waals surface area contributed by atoms with Crippen LogP contribution in [0.3, 0.4) is 0 Å². The van der Waals surface area contributed by atoms with E-state index in [1.54, 1.807) is 6.92 Å². The van der Waals surface area contributed by atoms with Crippen LogP contribution in [0.5, 0.6) is 0 Å². The van der Waals surface area contributed by atoms with Gasteiger partial charge in [0.05, 0.1) is 13.7 Å². The Hall–Kier alpha value is -1.72. The van der Waals surface area contributed by atoms with Gasteiger partial charge in [0.25, 0.3) is 0 Å². The van der Waals surface area contributed by atoms with Gasteiger partial charge in [-0.15, -0.1) is 0 Å². The maximum absolute atomic E-state index is 12.1. The van der Waals surface area contributed by atoms with E-state index in [2.05, 4.69) is 4.74 Å². The number of hydrogen-bond donors (Lipinski definition) is 0. The summed E-state index contributed by atoms with van der Waals surface area (Å²) in [6, 6.07) is 0. The van der Waals surface area contributed by atoms with Crippen molar-refractivity contribution in [3.05, 3.63) is 0 Å². The van der Waals surface area contributed by atoms with E-state index >= 15 is 0 Å². The summed E-state index contributed by atoms with van der Waals surface area (Å²) in [7, 11) is 1.16. The van der Waals surface area contributed by atoms with Gasteiger partial charge in [-0.2, -0.15) is 0 Å². The minimum absolute atomic E-state index is 0.0128. The molecule has 0 aliphatic carbocycles. The molecule has 0 aromatic heterocycles. The summed E-state index contributed by atoms with van der Waals surface area (Å²) >= 11 is 0. The zero-order valence-electron chi connectivity index (χ0n) is 12.5. The lowest BCUT2D eigenvalue weighted by Gasteiger charge is -2.28. The van der Waals surface area contributed by atoms with Crippen molar-refractivity contribution < 1.29 is 28.7 Å². The molecule has 114 valence electrons. The third-order valence-corrected chi connectivity index (χ3v) is 3.05. The van der Waals surface area contributed by atoms with Crippen LogP contribution in [0.25, 0.3) is 0 Å². The van der Waals surface area contributed by atoms with E-state index in [1.807, 2.05) is 0 Å². The first kappa shape index (κ1) is 18.3. The number of ether oxygens (including phenoxy) is 2. The summed E-state index contributed by atoms with van der Waals surface area (Å²) in [4.78, 5) is 46.5. The van der Waals surface area contributed by atoms with Gasteiger partial charge < -0.3 is 19.1 Å². The highest BCUT2D eigenvalue weighted by Gasteiger charge is 2.48. The van der Waals surface area contributed by atoms with Gasteiger partial charge in [-0.3, -0.25) is 9.59 Å². The zero-order valence-corrected chi connectivity index (χ0v) is 12.5. The number of ketones is 2. The number of methoxy groups -OCH3 is 1. The second-order valence-electron chi connectivity index (χ2n) is 4.70. The average molecular weight is 286 g/mol. The molecule has 0 aliphatic heterocycles. The molecule has 0 atom stereocenters. The number of hydrogen-bond acceptors (Lipinski definition) is 6. The number of esters is 2. The highest BCUT2D eigenvalue weighted by Crippen LogP contribution is 2.33. The van der Waals surface area contributed by atoms with Crippen molar-refractivity contribution in [2.24, 2.45) is 5.41 Å². The van der Waals surface area contributed by atoms with Crippen LogP contribution in [0.4, 0.5) is 0 Å². The lowest BCUT2D eigenvalue weighted by molar-refractivity contribution is -0.172. The summed E-state index contributed by atoms with van der Waals surface area (Å²) in [5, 5.41) is 0. The molecule has 0 amide bonds. The average Bonchev–Trinajstić information content (AvgIpc) is 2.38. The standard InChI is InChI=1S/C14H22O6/c1-5-20-13(18)14(12(17)19-4,8-6-10(2)15)9-7-11(3)16/h5-9H2,1-4H3. The van der Waals surface area contributed by atoms with Crippen molar-refractivity contribution >= 4 is 23.5 Å². The van der Waals surface area contributed by atoms with E-state index in [4.69, 9.17) is 4.74 Å². The molecule has 0 fully saturated rings. The van der Waals surface area contributed by atoms with Crippen molar-refractivity contribution in [2.45, 2.75) is 46.5 Å². The van der Waals surface area contributed by atoms with E-state index in [0.717, 1.165) is 7.11 Å². The van der Waals surface area contributed by atoms with Gasteiger partial charge in [0.15, 0.2) is 5.41 Å². The Kier molecular flexibility index (Phi) is 7.72. The molecule has 0 saturated carbocycles. The molecular weight excluding hydrogens is 264 g/mol. The molecular formula is C14H22O6. The fraction of sp³-hybridized carbons (Fsp3) is 0.714. The summed E-state index contributed by atoms with van der Waals surface area (Å²) in [6.45, 7) is 4.48. The molecule has 0 unspecified atom stereocenters. The van der Waals surface area contributed by atoms with Gasteiger partial charge in [0.1, 0.15) is 11.6 Å². The van der Waals surface area contributed by atoms with Crippen molar-refractivity contribution in [1.82, 2.24) is 0 Å². The molecule has 0 bridgehead atoms. The van der Waals surface area contributed by atoms with E-state index in [-0.39, 0.29) is 43.9 Å². The maximum Gasteiger partial charge on any atom is 0.323 e. The first-order valence-corrected chi connectivity index (χ1v) is 6.54. The van der Waals surface area contributed by atoms with Crippen LogP contribution in [-0.4, -0.2) is 37.2 Å². The number of Topliss-reactive ketones (excluding diaryl/α,β-unsaturated/α-hetero) is 2. The zero-order chi connectivity index (χ0) is 15.8. The maximum atomic E-state index is 12.1. The monoisotopic (exact) mass is 286 g/mol. The predicted octanol–water partition coefficient (Wildman–Crippen LogP) is 1.45. The molecule has 6 heteroatoms. The minimum Gasteiger partial charge on any atom is -0.468 e. The third kappa shape index (κ3) is 5.11. The smallest absolute Gasteiger partial charge is 0.323 e. The van der Waals surface area contributed by atoms with Gasteiger partial charge in [-0.1, -0.05) is 0 Å². The lowest BCUT2D eigenvalue weighted by atomic mass is 9.78. The Bertz CT molecular complexity index is 367. The van der Waals surface area contributed by atoms with E-state index in [0.29, 0.717) is 0 Å². The normalized spacial score (nSPS) is 10.8. The van der Waals surface area contributed by atoms with Gasteiger partial charge in [-0.05, 0) is 33.6 Å². The second kappa shape index (κ2) is 8.45. The van der Waals surface area contributed by atoms with Crippen LogP contribution in [0.2, 0.25) is 0 Å². The molecule has 0 saturated heterocycles. The topological polar surface area (TPSA) is 86.7 Å². The summed E-state index contributed by atoms with van der Waals surface area (Å²) < 4.78 is 9.62. The Morgan fingerprint density at radius 3 is 1.65 bits per heavy atom. The highest BCUT2D eigenvalue weighted by molar-refractivity contribution is 6.00. The molecule has 20 heavy (non-hydrogen) atoms. The summed E-state index contributed by atoms with van der Waals surface area (Å²) in [5.41, 5.74) is -1.58. The Morgan fingerprint density at radius 1 is 0.900 bits per heavy atom. The van der Waals surface area contributed by atoms with E-state index in [9.17, 15) is 19.2 Å². The number of carbonyl (C=O) groups excluding carboxylic acids is 4. The second-order valence-corrected chi connectivity index (χ2v) is 4.70. The Morgan fingerprint density at radius 2 is 1.35 bits per heavy atom. The SMILES string of the molecule is CCOC(=O)C(CCC(C)=O)(CCC(C)=O)C(=O)OC.